The lowest BCUT2D eigenvalue weighted by atomic mass is 10.3. The van der Waals surface area contributed by atoms with E-state index < -0.39 is 0 Å². The van der Waals surface area contributed by atoms with Gasteiger partial charge in [0.2, 0.25) is 5.91 Å². The van der Waals surface area contributed by atoms with Crippen LogP contribution in [0.3, 0.4) is 0 Å². The van der Waals surface area contributed by atoms with Crippen molar-refractivity contribution in [1.29, 1.82) is 0 Å². The number of ether oxygens (including phenoxy) is 1. The van der Waals surface area contributed by atoms with Crippen molar-refractivity contribution >= 4 is 16.9 Å². The van der Waals surface area contributed by atoms with Crippen molar-refractivity contribution in [2.45, 2.75) is 39.0 Å². The van der Waals surface area contributed by atoms with Crippen molar-refractivity contribution in [3.8, 4) is 0 Å². The summed E-state index contributed by atoms with van der Waals surface area (Å²) in [6.45, 7) is 4.34. The molecule has 0 fully saturated rings. The van der Waals surface area contributed by atoms with Gasteiger partial charge in [0.15, 0.2) is 0 Å². The number of hydrogen-bond acceptors (Lipinski definition) is 3. The van der Waals surface area contributed by atoms with Crippen LogP contribution in [0.1, 0.15) is 38.4 Å². The Labute approximate surface area is 131 Å². The summed E-state index contributed by atoms with van der Waals surface area (Å²) in [5.74, 6) is 0.924. The van der Waals surface area contributed by atoms with Gasteiger partial charge in [-0.25, -0.2) is 4.98 Å². The van der Waals surface area contributed by atoms with E-state index >= 15 is 0 Å². The highest BCUT2D eigenvalue weighted by Crippen LogP contribution is 2.11. The molecule has 0 saturated heterocycles. The van der Waals surface area contributed by atoms with Crippen molar-refractivity contribution in [2.75, 3.05) is 19.8 Å². The molecule has 0 aliphatic rings. The number of carbonyl (C=O) groups excluding carboxylic acids is 1. The van der Waals surface area contributed by atoms with Gasteiger partial charge in [-0.15, -0.1) is 0 Å². The van der Waals surface area contributed by atoms with Crippen molar-refractivity contribution in [3.63, 3.8) is 0 Å². The second-order valence-corrected chi connectivity index (χ2v) is 5.37. The Morgan fingerprint density at radius 1 is 1.27 bits per heavy atom. The Kier molecular flexibility index (Phi) is 6.90. The molecule has 0 aliphatic heterocycles. The van der Waals surface area contributed by atoms with Gasteiger partial charge in [0.25, 0.3) is 0 Å². The van der Waals surface area contributed by atoms with Gasteiger partial charge in [0.1, 0.15) is 5.82 Å². The van der Waals surface area contributed by atoms with Crippen molar-refractivity contribution in [3.05, 3.63) is 30.1 Å². The molecule has 1 aromatic heterocycles. The van der Waals surface area contributed by atoms with Crippen LogP contribution in [0.4, 0.5) is 0 Å². The molecule has 0 aliphatic carbocycles. The van der Waals surface area contributed by atoms with E-state index in [0.717, 1.165) is 42.7 Å². The zero-order valence-corrected chi connectivity index (χ0v) is 13.2. The molecule has 0 unspecified atom stereocenters. The average Bonchev–Trinajstić information content (AvgIpc) is 2.95. The molecule has 0 atom stereocenters. The number of nitrogens with one attached hydrogen (secondary N) is 2. The number of unbranched alkanes of at least 4 members (excludes halogenated alkanes) is 1. The molecule has 0 radical (unpaired) electrons. The first-order valence-corrected chi connectivity index (χ1v) is 8.07. The third-order valence-corrected chi connectivity index (χ3v) is 3.46. The van der Waals surface area contributed by atoms with Crippen LogP contribution in [-0.2, 0) is 16.0 Å². The summed E-state index contributed by atoms with van der Waals surface area (Å²) in [6, 6.07) is 7.89. The molecule has 22 heavy (non-hydrogen) atoms. The summed E-state index contributed by atoms with van der Waals surface area (Å²) in [5, 5.41) is 2.92. The quantitative estimate of drug-likeness (QED) is 0.663. The molecule has 0 bridgehead atoms. The molecule has 2 aromatic rings. The lowest BCUT2D eigenvalue weighted by Gasteiger charge is -2.05. The number of aromatic amines is 1. The molecule has 1 heterocycles. The standard InChI is InChI=1S/C17H25N3O2/c1-2-3-12-22-13-6-11-18-17(21)10-9-16-19-14-7-4-5-8-15(14)20-16/h4-5,7-8H,2-3,6,9-13H2,1H3,(H,18,21)(H,19,20). The molecule has 2 N–H and O–H groups in total. The van der Waals surface area contributed by atoms with Gasteiger partial charge in [-0.3, -0.25) is 4.79 Å². The van der Waals surface area contributed by atoms with Crippen LogP contribution in [0.25, 0.3) is 11.0 Å². The number of hydrogen-bond donors (Lipinski definition) is 2. The Morgan fingerprint density at radius 3 is 2.91 bits per heavy atom. The van der Waals surface area contributed by atoms with Crippen LogP contribution in [-0.4, -0.2) is 35.6 Å². The van der Waals surface area contributed by atoms with Gasteiger partial charge in [0.05, 0.1) is 11.0 Å². The largest absolute Gasteiger partial charge is 0.381 e. The lowest BCUT2D eigenvalue weighted by molar-refractivity contribution is -0.121. The van der Waals surface area contributed by atoms with Crippen molar-refractivity contribution < 1.29 is 9.53 Å². The summed E-state index contributed by atoms with van der Waals surface area (Å²) >= 11 is 0. The fourth-order valence-corrected chi connectivity index (χ4v) is 2.19. The van der Waals surface area contributed by atoms with E-state index in [-0.39, 0.29) is 5.91 Å². The predicted octanol–water partition coefficient (Wildman–Crippen LogP) is 2.82. The molecule has 2 rings (SSSR count). The number of amides is 1. The molecule has 5 nitrogen and oxygen atoms in total. The van der Waals surface area contributed by atoms with E-state index in [9.17, 15) is 4.79 Å². The van der Waals surface area contributed by atoms with Crippen LogP contribution in [0.5, 0.6) is 0 Å². The van der Waals surface area contributed by atoms with Crippen LogP contribution in [0, 0.1) is 0 Å². The molecule has 0 spiro atoms. The van der Waals surface area contributed by atoms with E-state index in [2.05, 4.69) is 22.2 Å². The summed E-state index contributed by atoms with van der Waals surface area (Å²) in [4.78, 5) is 19.5. The molecular weight excluding hydrogens is 278 g/mol. The normalized spacial score (nSPS) is 11.0. The first kappa shape index (κ1) is 16.5. The highest BCUT2D eigenvalue weighted by molar-refractivity contribution is 5.77. The molecule has 120 valence electrons. The number of fused-ring (bicyclic) bond motifs is 1. The van der Waals surface area contributed by atoms with Gasteiger partial charge in [-0.1, -0.05) is 25.5 Å². The molecule has 5 heteroatoms. The van der Waals surface area contributed by atoms with E-state index in [1.807, 2.05) is 24.3 Å². The maximum absolute atomic E-state index is 11.8. The van der Waals surface area contributed by atoms with Crippen LogP contribution in [0.15, 0.2) is 24.3 Å². The van der Waals surface area contributed by atoms with Gasteiger partial charge < -0.3 is 15.0 Å². The number of aromatic nitrogens is 2. The first-order chi connectivity index (χ1) is 10.8. The van der Waals surface area contributed by atoms with Crippen molar-refractivity contribution in [2.24, 2.45) is 0 Å². The zero-order chi connectivity index (χ0) is 15.6. The third kappa shape index (κ3) is 5.48. The number of H-pyrrole nitrogens is 1. The summed E-state index contributed by atoms with van der Waals surface area (Å²) in [6.07, 6.45) is 4.20. The maximum atomic E-state index is 11.8. The van der Waals surface area contributed by atoms with Gasteiger partial charge in [0, 0.05) is 32.6 Å². The first-order valence-electron chi connectivity index (χ1n) is 8.07. The smallest absolute Gasteiger partial charge is 0.220 e. The average molecular weight is 303 g/mol. The Morgan fingerprint density at radius 2 is 2.09 bits per heavy atom. The van der Waals surface area contributed by atoms with E-state index in [0.29, 0.717) is 26.0 Å². The summed E-state index contributed by atoms with van der Waals surface area (Å²) < 4.78 is 5.45. The number of imidazole rings is 1. The summed E-state index contributed by atoms with van der Waals surface area (Å²) in [5.41, 5.74) is 1.96. The minimum absolute atomic E-state index is 0.0639. The van der Waals surface area contributed by atoms with Crippen LogP contribution < -0.4 is 5.32 Å². The monoisotopic (exact) mass is 303 g/mol. The zero-order valence-electron chi connectivity index (χ0n) is 13.2. The maximum Gasteiger partial charge on any atom is 0.220 e. The van der Waals surface area contributed by atoms with Gasteiger partial charge in [-0.05, 0) is 25.0 Å². The highest BCUT2D eigenvalue weighted by Gasteiger charge is 2.05. The molecule has 1 amide bonds. The topological polar surface area (TPSA) is 67.0 Å². The molecular formula is C17H25N3O2. The van der Waals surface area contributed by atoms with Crippen molar-refractivity contribution in [1.82, 2.24) is 15.3 Å². The highest BCUT2D eigenvalue weighted by atomic mass is 16.5. The van der Waals surface area contributed by atoms with E-state index in [4.69, 9.17) is 4.74 Å². The molecule has 1 aromatic carbocycles. The van der Waals surface area contributed by atoms with E-state index in [1.165, 1.54) is 0 Å². The number of nitrogens with zero attached hydrogens (tertiary/aromatic N) is 1. The summed E-state index contributed by atoms with van der Waals surface area (Å²) in [7, 11) is 0. The predicted molar refractivity (Wildman–Crippen MR) is 87.8 cm³/mol. The SMILES string of the molecule is CCCCOCCCNC(=O)CCc1nc2ccccc2[nH]1. The number of aryl methyl sites for hydroxylation is 1. The number of benzene rings is 1. The second-order valence-electron chi connectivity index (χ2n) is 5.37. The number of rotatable bonds is 10. The number of para-hydroxylation sites is 2. The Hall–Kier alpha value is -1.88. The Balaban J connectivity index is 1.59. The van der Waals surface area contributed by atoms with Gasteiger partial charge >= 0.3 is 0 Å². The molecule has 0 saturated carbocycles. The fraction of sp³-hybridized carbons (Fsp3) is 0.529. The number of carbonyl (C=O) groups is 1. The lowest BCUT2D eigenvalue weighted by Crippen LogP contribution is -2.25. The third-order valence-electron chi connectivity index (χ3n) is 3.46. The second kappa shape index (κ2) is 9.20. The fourth-order valence-electron chi connectivity index (χ4n) is 2.19. The Bertz CT molecular complexity index is 547. The van der Waals surface area contributed by atoms with Crippen LogP contribution >= 0.6 is 0 Å². The minimum Gasteiger partial charge on any atom is -0.381 e. The van der Waals surface area contributed by atoms with Crippen LogP contribution in [0.2, 0.25) is 0 Å². The van der Waals surface area contributed by atoms with Gasteiger partial charge in [-0.2, -0.15) is 0 Å². The van der Waals surface area contributed by atoms with E-state index in [1.54, 1.807) is 0 Å². The minimum atomic E-state index is 0.0639.